The molecule has 2 aliphatic rings. The van der Waals surface area contributed by atoms with E-state index in [-0.39, 0.29) is 23.1 Å². The number of aromatic nitrogens is 3. The van der Waals surface area contributed by atoms with Crippen LogP contribution in [0.2, 0.25) is 0 Å². The number of nitrogens with two attached hydrogens (primary N) is 1. The summed E-state index contributed by atoms with van der Waals surface area (Å²) >= 11 is 0. The van der Waals surface area contributed by atoms with Gasteiger partial charge in [0.05, 0.1) is 31.6 Å². The number of nitrogens with one attached hydrogen (secondary N) is 2. The molecule has 2 amide bonds. The molecule has 2 aromatic carbocycles. The zero-order chi connectivity index (χ0) is 34.8. The summed E-state index contributed by atoms with van der Waals surface area (Å²) in [6.45, 7) is 3.03. The molecule has 14 nitrogen and oxygen atoms in total. The topological polar surface area (TPSA) is 177 Å². The monoisotopic (exact) mass is 678 g/mol. The first-order valence-corrected chi connectivity index (χ1v) is 15.7. The van der Waals surface area contributed by atoms with Crippen molar-refractivity contribution in [1.82, 2.24) is 29.5 Å². The van der Waals surface area contributed by atoms with Crippen molar-refractivity contribution < 1.29 is 37.7 Å². The zero-order valence-corrected chi connectivity index (χ0v) is 26.9. The van der Waals surface area contributed by atoms with Gasteiger partial charge in [0.25, 0.3) is 5.91 Å². The van der Waals surface area contributed by atoms with Crippen molar-refractivity contribution in [1.29, 1.82) is 0 Å². The lowest BCUT2D eigenvalue weighted by Gasteiger charge is -2.36. The lowest BCUT2D eigenvalue weighted by molar-refractivity contribution is -0.151. The summed E-state index contributed by atoms with van der Waals surface area (Å²) in [7, 11) is 1.26. The number of aryl methyl sites for hydroxylation is 1. The first-order chi connectivity index (χ1) is 23.6. The minimum Gasteiger partial charge on any atom is -0.494 e. The lowest BCUT2D eigenvalue weighted by Crippen LogP contribution is -2.54. The number of aliphatic hydroxyl groups excluding tert-OH is 1. The molecule has 1 unspecified atom stereocenters. The zero-order valence-electron chi connectivity index (χ0n) is 26.9. The van der Waals surface area contributed by atoms with Crippen molar-refractivity contribution in [2.24, 2.45) is 5.73 Å². The molecule has 49 heavy (non-hydrogen) atoms. The van der Waals surface area contributed by atoms with Gasteiger partial charge in [-0.05, 0) is 42.8 Å². The molecule has 16 heteroatoms. The van der Waals surface area contributed by atoms with Crippen LogP contribution in [0.25, 0.3) is 16.9 Å². The van der Waals surface area contributed by atoms with E-state index in [2.05, 4.69) is 20.6 Å². The number of hydrogen-bond donors (Lipinski definition) is 4. The number of carbonyl (C=O) groups is 3. The summed E-state index contributed by atoms with van der Waals surface area (Å²) in [5.41, 5.74) is 8.10. The van der Waals surface area contributed by atoms with E-state index >= 15 is 0 Å². The number of aliphatic hydroxyl groups is 1. The fourth-order valence-corrected chi connectivity index (χ4v) is 6.04. The number of benzene rings is 2. The average Bonchev–Trinajstić information content (AvgIpc) is 3.76. The lowest BCUT2D eigenvalue weighted by atomic mass is 10.1. The maximum Gasteiger partial charge on any atom is 0.325 e. The molecule has 0 aliphatic carbocycles. The molecule has 0 saturated carbocycles. The molecule has 4 aromatic rings. The number of nitrogens with zero attached hydrogens (tertiary/aromatic N) is 5. The molecule has 4 heterocycles. The van der Waals surface area contributed by atoms with Gasteiger partial charge in [0.1, 0.15) is 12.1 Å². The van der Waals surface area contributed by atoms with Crippen LogP contribution in [0.4, 0.5) is 20.3 Å². The summed E-state index contributed by atoms with van der Waals surface area (Å²) in [5, 5.41) is 15.3. The van der Waals surface area contributed by atoms with Crippen molar-refractivity contribution in [3.8, 4) is 17.0 Å². The highest BCUT2D eigenvalue weighted by atomic mass is 19.2. The first kappa shape index (κ1) is 33.7. The molecule has 2 aromatic heterocycles. The standard InChI is InChI=1S/C33H36F2N8O6/c1-18-13-19(40-29-30-39-16-25(43(30)8-7-37-29)22-5-6-26(48-2)28(35)27(22)34)3-4-21(18)31(45)41-9-11-42(12-10-41)32(46)24-14-20(15-38-24)49-33(47)23(36)17-44/h3-8,13,16,20,23-24,38,44H,9-12,14-15,17,36H2,1-2H3,(H,37,40)/t20?,23-,24-/m0/s1. The third-order valence-electron chi connectivity index (χ3n) is 8.74. The summed E-state index contributed by atoms with van der Waals surface area (Å²) < 4.78 is 41.0. The largest absolute Gasteiger partial charge is 0.494 e. The third kappa shape index (κ3) is 6.75. The summed E-state index contributed by atoms with van der Waals surface area (Å²) in [6, 6.07) is 6.41. The molecule has 258 valence electrons. The number of anilines is 2. The van der Waals surface area contributed by atoms with E-state index in [4.69, 9.17) is 20.3 Å². The average molecular weight is 679 g/mol. The van der Waals surface area contributed by atoms with Crippen LogP contribution in [0.5, 0.6) is 5.75 Å². The Kier molecular flexibility index (Phi) is 9.71. The Bertz CT molecular complexity index is 1900. The van der Waals surface area contributed by atoms with Gasteiger partial charge in [0.15, 0.2) is 23.0 Å². The Labute approximate surface area is 279 Å². The summed E-state index contributed by atoms with van der Waals surface area (Å²) in [6.07, 6.45) is 4.33. The maximum absolute atomic E-state index is 14.9. The van der Waals surface area contributed by atoms with Crippen molar-refractivity contribution in [2.45, 2.75) is 31.5 Å². The number of imidazole rings is 1. The SMILES string of the molecule is COc1ccc(-c2cnc3c(Nc4ccc(C(=O)N5CCN(C(=O)[C@@H]6CC(OC(=O)[C@@H](N)CO)CN6)CC5)c(C)c4)nccn23)c(F)c1F. The molecule has 0 radical (unpaired) electrons. The second-order valence-corrected chi connectivity index (χ2v) is 11.9. The van der Waals surface area contributed by atoms with E-state index in [0.717, 1.165) is 5.56 Å². The Morgan fingerprint density at radius 1 is 1.10 bits per heavy atom. The second-order valence-electron chi connectivity index (χ2n) is 11.9. The normalized spacial score (nSPS) is 18.4. The van der Waals surface area contributed by atoms with Gasteiger partial charge in [-0.25, -0.2) is 14.4 Å². The van der Waals surface area contributed by atoms with Crippen LogP contribution >= 0.6 is 0 Å². The van der Waals surface area contributed by atoms with Gasteiger partial charge in [-0.2, -0.15) is 4.39 Å². The predicted octanol–water partition coefficient (Wildman–Crippen LogP) is 1.61. The number of hydrogen-bond acceptors (Lipinski definition) is 11. The quantitative estimate of drug-likeness (QED) is 0.189. The number of rotatable bonds is 9. The van der Waals surface area contributed by atoms with E-state index in [1.54, 1.807) is 32.5 Å². The number of piperazine rings is 1. The second kappa shape index (κ2) is 14.1. The van der Waals surface area contributed by atoms with Crippen LogP contribution in [-0.2, 0) is 14.3 Å². The van der Waals surface area contributed by atoms with Crippen LogP contribution in [-0.4, -0.2) is 112 Å². The number of amides is 2. The van der Waals surface area contributed by atoms with E-state index < -0.39 is 42.4 Å². The third-order valence-corrected chi connectivity index (χ3v) is 8.74. The maximum atomic E-state index is 14.9. The Morgan fingerprint density at radius 3 is 2.57 bits per heavy atom. The summed E-state index contributed by atoms with van der Waals surface area (Å²) in [5.74, 6) is -2.97. The number of methoxy groups -OCH3 is 1. The molecule has 5 N–H and O–H groups in total. The van der Waals surface area contributed by atoms with E-state index in [1.807, 2.05) is 13.0 Å². The molecule has 2 fully saturated rings. The van der Waals surface area contributed by atoms with Gasteiger partial charge >= 0.3 is 5.97 Å². The van der Waals surface area contributed by atoms with Crippen LogP contribution in [0.3, 0.4) is 0 Å². The Balaban J connectivity index is 1.07. The molecule has 3 atom stereocenters. The number of fused-ring (bicyclic) bond motifs is 1. The Morgan fingerprint density at radius 2 is 1.86 bits per heavy atom. The molecule has 0 bridgehead atoms. The van der Waals surface area contributed by atoms with Crippen molar-refractivity contribution >= 4 is 34.9 Å². The molecular formula is C33H36F2N8O6. The van der Waals surface area contributed by atoms with E-state index in [0.29, 0.717) is 67.6 Å². The van der Waals surface area contributed by atoms with Gasteiger partial charge in [-0.1, -0.05) is 0 Å². The van der Waals surface area contributed by atoms with Crippen molar-refractivity contribution in [3.63, 3.8) is 0 Å². The molecule has 6 rings (SSSR count). The number of ether oxygens (including phenoxy) is 2. The number of halogens is 2. The highest BCUT2D eigenvalue weighted by molar-refractivity contribution is 5.96. The fraction of sp³-hybridized carbons (Fsp3) is 0.364. The minimum atomic E-state index is -1.12. The summed E-state index contributed by atoms with van der Waals surface area (Å²) in [4.78, 5) is 50.6. The van der Waals surface area contributed by atoms with Crippen LogP contribution in [0.15, 0.2) is 48.9 Å². The van der Waals surface area contributed by atoms with Gasteiger partial charge < -0.3 is 40.7 Å². The minimum absolute atomic E-state index is 0.0129. The van der Waals surface area contributed by atoms with Gasteiger partial charge in [0.2, 0.25) is 11.7 Å². The number of carbonyl (C=O) groups excluding carboxylic acids is 3. The highest BCUT2D eigenvalue weighted by Crippen LogP contribution is 2.32. The fourth-order valence-electron chi connectivity index (χ4n) is 6.04. The predicted molar refractivity (Wildman–Crippen MR) is 173 cm³/mol. The van der Waals surface area contributed by atoms with Crippen molar-refractivity contribution in [3.05, 3.63) is 71.7 Å². The smallest absolute Gasteiger partial charge is 0.325 e. The van der Waals surface area contributed by atoms with E-state index in [9.17, 15) is 23.2 Å². The number of esters is 1. The van der Waals surface area contributed by atoms with Gasteiger partial charge in [-0.3, -0.25) is 18.8 Å². The van der Waals surface area contributed by atoms with Gasteiger partial charge in [0, 0.05) is 68.4 Å². The molecule has 2 saturated heterocycles. The van der Waals surface area contributed by atoms with Crippen LogP contribution < -0.4 is 21.1 Å². The highest BCUT2D eigenvalue weighted by Gasteiger charge is 2.36. The van der Waals surface area contributed by atoms with Crippen LogP contribution in [0, 0.1) is 18.6 Å². The molecule has 0 spiro atoms. The Hall–Kier alpha value is -5.19. The van der Waals surface area contributed by atoms with Crippen LogP contribution in [0.1, 0.15) is 22.3 Å². The van der Waals surface area contributed by atoms with Gasteiger partial charge in [-0.15, -0.1) is 0 Å². The molecule has 2 aliphatic heterocycles. The van der Waals surface area contributed by atoms with E-state index in [1.165, 1.54) is 31.6 Å². The molecular weight excluding hydrogens is 642 g/mol. The first-order valence-electron chi connectivity index (χ1n) is 15.7. The van der Waals surface area contributed by atoms with Crippen molar-refractivity contribution in [2.75, 3.05) is 51.8 Å².